The van der Waals surface area contributed by atoms with Crippen molar-refractivity contribution in [3.05, 3.63) is 24.3 Å². The zero-order chi connectivity index (χ0) is 14.3. The maximum absolute atomic E-state index is 10.6. The van der Waals surface area contributed by atoms with E-state index in [1.54, 1.807) is 19.2 Å². The lowest BCUT2D eigenvalue weighted by Gasteiger charge is -2.23. The van der Waals surface area contributed by atoms with Crippen LogP contribution in [0.15, 0.2) is 24.3 Å². The first-order valence-electron chi connectivity index (χ1n) is 6.23. The molecule has 0 saturated heterocycles. The van der Waals surface area contributed by atoms with Gasteiger partial charge in [-0.05, 0) is 44.5 Å². The molecule has 0 heterocycles. The summed E-state index contributed by atoms with van der Waals surface area (Å²) in [5.41, 5.74) is 5.87. The number of hydrogen-bond acceptors (Lipinski definition) is 4. The number of carbonyl (C=O) groups is 1. The van der Waals surface area contributed by atoms with E-state index in [4.69, 9.17) is 15.2 Å². The average molecular weight is 266 g/mol. The Morgan fingerprint density at radius 3 is 2.47 bits per heavy atom. The molecule has 1 amide bonds. The summed E-state index contributed by atoms with van der Waals surface area (Å²) in [7, 11) is 1.71. The van der Waals surface area contributed by atoms with Gasteiger partial charge in [0.05, 0.1) is 5.60 Å². The van der Waals surface area contributed by atoms with Crippen LogP contribution < -0.4 is 15.8 Å². The zero-order valence-corrected chi connectivity index (χ0v) is 11.7. The first kappa shape index (κ1) is 15.3. The van der Waals surface area contributed by atoms with E-state index in [1.165, 1.54) is 0 Å². The highest BCUT2D eigenvalue weighted by Gasteiger charge is 2.15. The summed E-state index contributed by atoms with van der Waals surface area (Å²) in [5.74, 6) is 0.144. The van der Waals surface area contributed by atoms with Crippen molar-refractivity contribution in [2.75, 3.05) is 25.6 Å². The molecular weight excluding hydrogens is 244 g/mol. The zero-order valence-electron chi connectivity index (χ0n) is 11.7. The summed E-state index contributed by atoms with van der Waals surface area (Å²) < 4.78 is 10.5. The van der Waals surface area contributed by atoms with Crippen molar-refractivity contribution in [1.82, 2.24) is 0 Å². The highest BCUT2D eigenvalue weighted by Crippen LogP contribution is 2.17. The number of anilines is 1. The van der Waals surface area contributed by atoms with Crippen LogP contribution in [0.1, 0.15) is 20.3 Å². The molecule has 0 aliphatic heterocycles. The van der Waals surface area contributed by atoms with Gasteiger partial charge in [-0.2, -0.15) is 0 Å². The summed E-state index contributed by atoms with van der Waals surface area (Å²) in [6, 6.07) is 7.39. The molecule has 1 aromatic rings. The second kappa shape index (κ2) is 6.99. The van der Waals surface area contributed by atoms with Crippen molar-refractivity contribution in [2.24, 2.45) is 5.73 Å². The molecule has 0 saturated carbocycles. The molecule has 5 heteroatoms. The number of ether oxygens (including phenoxy) is 2. The number of methoxy groups -OCH3 is 1. The number of rotatable bonds is 8. The van der Waals surface area contributed by atoms with Gasteiger partial charge in [-0.15, -0.1) is 0 Å². The number of primary amides is 1. The van der Waals surface area contributed by atoms with Gasteiger partial charge in [-0.3, -0.25) is 4.79 Å². The number of nitrogens with one attached hydrogen (secondary N) is 1. The third-order valence-corrected chi connectivity index (χ3v) is 2.84. The molecule has 0 aliphatic rings. The minimum atomic E-state index is -0.482. The molecule has 1 aromatic carbocycles. The summed E-state index contributed by atoms with van der Waals surface area (Å²) in [6.07, 6.45) is 0.906. The molecular formula is C14H22N2O3. The minimum Gasteiger partial charge on any atom is -0.484 e. The lowest BCUT2D eigenvalue weighted by Crippen LogP contribution is -2.25. The Bertz CT molecular complexity index is 402. The van der Waals surface area contributed by atoms with Gasteiger partial charge in [0.25, 0.3) is 5.91 Å². The SMILES string of the molecule is COC(C)(C)CCNc1ccc(OCC(N)=O)cc1. The van der Waals surface area contributed by atoms with Gasteiger partial charge in [0.1, 0.15) is 5.75 Å². The van der Waals surface area contributed by atoms with E-state index in [0.717, 1.165) is 18.7 Å². The van der Waals surface area contributed by atoms with Gasteiger partial charge in [0, 0.05) is 19.3 Å². The molecule has 0 aromatic heterocycles. The number of carbonyl (C=O) groups excluding carboxylic acids is 1. The summed E-state index contributed by atoms with van der Waals surface area (Å²) in [4.78, 5) is 10.6. The van der Waals surface area contributed by atoms with Crippen LogP contribution in [0.4, 0.5) is 5.69 Å². The van der Waals surface area contributed by atoms with Crippen LogP contribution in [0, 0.1) is 0 Å². The third kappa shape index (κ3) is 6.10. The molecule has 5 nitrogen and oxygen atoms in total. The Hall–Kier alpha value is -1.75. The first-order chi connectivity index (χ1) is 8.93. The van der Waals surface area contributed by atoms with E-state index in [9.17, 15) is 4.79 Å². The Kier molecular flexibility index (Phi) is 5.63. The van der Waals surface area contributed by atoms with E-state index >= 15 is 0 Å². The van der Waals surface area contributed by atoms with Crippen LogP contribution in [0.2, 0.25) is 0 Å². The fourth-order valence-corrected chi connectivity index (χ4v) is 1.43. The molecule has 3 N–H and O–H groups in total. The van der Waals surface area contributed by atoms with Crippen molar-refractivity contribution in [3.8, 4) is 5.75 Å². The highest BCUT2D eigenvalue weighted by atomic mass is 16.5. The standard InChI is InChI=1S/C14H22N2O3/c1-14(2,18-3)8-9-16-11-4-6-12(7-5-11)19-10-13(15)17/h4-7,16H,8-10H2,1-3H3,(H2,15,17). The molecule has 19 heavy (non-hydrogen) atoms. The third-order valence-electron chi connectivity index (χ3n) is 2.84. The Morgan fingerprint density at radius 1 is 1.32 bits per heavy atom. The fraction of sp³-hybridized carbons (Fsp3) is 0.500. The van der Waals surface area contributed by atoms with E-state index < -0.39 is 5.91 Å². The van der Waals surface area contributed by atoms with E-state index in [1.807, 2.05) is 12.1 Å². The lowest BCUT2D eigenvalue weighted by atomic mass is 10.1. The van der Waals surface area contributed by atoms with Gasteiger partial charge in [0.15, 0.2) is 6.61 Å². The second-order valence-corrected chi connectivity index (χ2v) is 4.92. The summed E-state index contributed by atoms with van der Waals surface area (Å²) in [5, 5.41) is 3.30. The highest BCUT2D eigenvalue weighted by molar-refractivity contribution is 5.75. The normalized spacial score (nSPS) is 11.1. The molecule has 0 fully saturated rings. The smallest absolute Gasteiger partial charge is 0.255 e. The van der Waals surface area contributed by atoms with Crippen molar-refractivity contribution < 1.29 is 14.3 Å². The summed E-state index contributed by atoms with van der Waals surface area (Å²) >= 11 is 0. The van der Waals surface area contributed by atoms with E-state index in [2.05, 4.69) is 19.2 Å². The van der Waals surface area contributed by atoms with E-state index in [-0.39, 0.29) is 12.2 Å². The monoisotopic (exact) mass is 266 g/mol. The Balaban J connectivity index is 2.38. The maximum Gasteiger partial charge on any atom is 0.255 e. The predicted molar refractivity (Wildman–Crippen MR) is 75.3 cm³/mol. The van der Waals surface area contributed by atoms with Crippen LogP contribution >= 0.6 is 0 Å². The maximum atomic E-state index is 10.6. The van der Waals surface area contributed by atoms with Gasteiger partial charge in [-0.25, -0.2) is 0 Å². The molecule has 0 radical (unpaired) electrons. The van der Waals surface area contributed by atoms with Crippen molar-refractivity contribution in [2.45, 2.75) is 25.9 Å². The van der Waals surface area contributed by atoms with E-state index in [0.29, 0.717) is 5.75 Å². The van der Waals surface area contributed by atoms with Crippen molar-refractivity contribution >= 4 is 11.6 Å². The minimum absolute atomic E-state index is 0.102. The van der Waals surface area contributed by atoms with Crippen LogP contribution in [0.5, 0.6) is 5.75 Å². The van der Waals surface area contributed by atoms with Gasteiger partial charge in [-0.1, -0.05) is 0 Å². The molecule has 0 atom stereocenters. The fourth-order valence-electron chi connectivity index (χ4n) is 1.43. The number of nitrogens with two attached hydrogens (primary N) is 1. The second-order valence-electron chi connectivity index (χ2n) is 4.92. The van der Waals surface area contributed by atoms with Crippen molar-refractivity contribution in [3.63, 3.8) is 0 Å². The lowest BCUT2D eigenvalue weighted by molar-refractivity contribution is -0.119. The molecule has 0 aliphatic carbocycles. The van der Waals surface area contributed by atoms with Crippen LogP contribution in [0.25, 0.3) is 0 Å². The quantitative estimate of drug-likeness (QED) is 0.752. The molecule has 1 rings (SSSR count). The Labute approximate surface area is 114 Å². The van der Waals surface area contributed by atoms with Crippen LogP contribution in [0.3, 0.4) is 0 Å². The molecule has 0 unspecified atom stereocenters. The summed E-state index contributed by atoms with van der Waals surface area (Å²) in [6.45, 7) is 4.82. The van der Waals surface area contributed by atoms with Crippen LogP contribution in [-0.2, 0) is 9.53 Å². The molecule has 0 bridgehead atoms. The largest absolute Gasteiger partial charge is 0.484 e. The predicted octanol–water partition coefficient (Wildman–Crippen LogP) is 1.78. The first-order valence-corrected chi connectivity index (χ1v) is 6.23. The molecule has 0 spiro atoms. The number of benzene rings is 1. The Morgan fingerprint density at radius 2 is 1.95 bits per heavy atom. The van der Waals surface area contributed by atoms with Gasteiger partial charge >= 0.3 is 0 Å². The van der Waals surface area contributed by atoms with Crippen molar-refractivity contribution in [1.29, 1.82) is 0 Å². The number of hydrogen-bond donors (Lipinski definition) is 2. The molecule has 106 valence electrons. The van der Waals surface area contributed by atoms with Gasteiger partial charge in [0.2, 0.25) is 0 Å². The van der Waals surface area contributed by atoms with Gasteiger partial charge < -0.3 is 20.5 Å². The number of amides is 1. The average Bonchev–Trinajstić information content (AvgIpc) is 2.37. The topological polar surface area (TPSA) is 73.6 Å². The van der Waals surface area contributed by atoms with Crippen LogP contribution in [-0.4, -0.2) is 31.8 Å².